The number of hydrogen-bond donors (Lipinski definition) is 1. The van der Waals surface area contributed by atoms with E-state index in [1.807, 2.05) is 0 Å². The minimum absolute atomic E-state index is 0.0893. The van der Waals surface area contributed by atoms with Crippen molar-refractivity contribution in [2.24, 2.45) is 0 Å². The van der Waals surface area contributed by atoms with Crippen molar-refractivity contribution < 1.29 is 9.47 Å². The van der Waals surface area contributed by atoms with Crippen LogP contribution in [-0.2, 0) is 17.7 Å². The Hall–Kier alpha value is -0.580. The summed E-state index contributed by atoms with van der Waals surface area (Å²) in [6, 6.07) is 4.32. The molecule has 1 aromatic carbocycles. The van der Waals surface area contributed by atoms with Gasteiger partial charge < -0.3 is 14.8 Å². The van der Waals surface area contributed by atoms with Crippen molar-refractivity contribution in [1.29, 1.82) is 0 Å². The lowest BCUT2D eigenvalue weighted by Crippen LogP contribution is -2.48. The third-order valence-corrected chi connectivity index (χ3v) is 4.43. The van der Waals surface area contributed by atoms with E-state index < -0.39 is 0 Å². The van der Waals surface area contributed by atoms with Crippen molar-refractivity contribution in [3.8, 4) is 5.75 Å². The number of nitrogens with one attached hydrogen (secondary N) is 1. The van der Waals surface area contributed by atoms with Crippen molar-refractivity contribution in [2.75, 3.05) is 19.8 Å². The largest absolute Gasteiger partial charge is 0.493 e. The van der Waals surface area contributed by atoms with Crippen LogP contribution in [0, 0.1) is 0 Å². The summed E-state index contributed by atoms with van der Waals surface area (Å²) in [6.45, 7) is 5.57. The van der Waals surface area contributed by atoms with Gasteiger partial charge in [-0.15, -0.1) is 0 Å². The normalized spacial score (nSPS) is 26.0. The molecule has 1 aromatic rings. The van der Waals surface area contributed by atoms with Crippen LogP contribution in [0.25, 0.3) is 0 Å². The van der Waals surface area contributed by atoms with E-state index in [9.17, 15) is 0 Å². The molecule has 4 heteroatoms. The highest BCUT2D eigenvalue weighted by Gasteiger charge is 2.27. The third kappa shape index (κ3) is 2.96. The zero-order chi connectivity index (χ0) is 13.3. The fourth-order valence-corrected chi connectivity index (χ4v) is 3.41. The van der Waals surface area contributed by atoms with Gasteiger partial charge in [-0.3, -0.25) is 0 Å². The maximum Gasteiger partial charge on any atom is 0.127 e. The van der Waals surface area contributed by atoms with Gasteiger partial charge in [0.25, 0.3) is 0 Å². The molecule has 19 heavy (non-hydrogen) atoms. The molecule has 3 rings (SSSR count). The Morgan fingerprint density at radius 2 is 2.26 bits per heavy atom. The zero-order valence-corrected chi connectivity index (χ0v) is 12.9. The maximum absolute atomic E-state index is 5.77. The second kappa shape index (κ2) is 5.43. The van der Waals surface area contributed by atoms with Gasteiger partial charge in [-0.25, -0.2) is 0 Å². The molecule has 1 unspecified atom stereocenters. The molecular weight excluding hydrogens is 306 g/mol. The molecule has 2 heterocycles. The van der Waals surface area contributed by atoms with E-state index in [-0.39, 0.29) is 5.54 Å². The van der Waals surface area contributed by atoms with Gasteiger partial charge in [-0.1, -0.05) is 15.9 Å². The second-order valence-corrected chi connectivity index (χ2v) is 6.64. The average molecular weight is 326 g/mol. The fourth-order valence-electron chi connectivity index (χ4n) is 2.86. The Labute approximate surface area is 122 Å². The highest BCUT2D eigenvalue weighted by atomic mass is 79.9. The van der Waals surface area contributed by atoms with Gasteiger partial charge >= 0.3 is 0 Å². The first kappa shape index (κ1) is 13.4. The number of rotatable bonds is 3. The van der Waals surface area contributed by atoms with Gasteiger partial charge in [0.1, 0.15) is 5.75 Å². The quantitative estimate of drug-likeness (QED) is 0.926. The predicted octanol–water partition coefficient (Wildman–Crippen LogP) is 3.04. The van der Waals surface area contributed by atoms with Gasteiger partial charge in [-0.05, 0) is 37.5 Å². The fraction of sp³-hybridized carbons (Fsp3) is 0.600. The molecule has 1 N–H and O–H groups in total. The van der Waals surface area contributed by atoms with Gasteiger partial charge in [0.05, 0.1) is 13.2 Å². The van der Waals surface area contributed by atoms with Gasteiger partial charge in [0.15, 0.2) is 0 Å². The van der Waals surface area contributed by atoms with E-state index in [4.69, 9.17) is 9.47 Å². The molecule has 0 aliphatic carbocycles. The monoisotopic (exact) mass is 325 g/mol. The van der Waals surface area contributed by atoms with E-state index in [0.717, 1.165) is 49.4 Å². The number of hydrogen-bond acceptors (Lipinski definition) is 3. The van der Waals surface area contributed by atoms with E-state index in [0.29, 0.717) is 0 Å². The zero-order valence-electron chi connectivity index (χ0n) is 11.3. The first-order chi connectivity index (χ1) is 9.16. The first-order valence-corrected chi connectivity index (χ1v) is 7.72. The summed E-state index contributed by atoms with van der Waals surface area (Å²) in [7, 11) is 0. The summed E-state index contributed by atoms with van der Waals surface area (Å²) in [5.41, 5.74) is 2.65. The minimum Gasteiger partial charge on any atom is -0.493 e. The van der Waals surface area contributed by atoms with Gasteiger partial charge in [0, 0.05) is 35.1 Å². The molecule has 0 saturated carbocycles. The lowest BCUT2D eigenvalue weighted by Gasteiger charge is -2.34. The van der Waals surface area contributed by atoms with E-state index in [1.165, 1.54) is 17.5 Å². The summed E-state index contributed by atoms with van der Waals surface area (Å²) in [5, 5.41) is 3.65. The van der Waals surface area contributed by atoms with Gasteiger partial charge in [-0.2, -0.15) is 0 Å². The van der Waals surface area contributed by atoms with Crippen molar-refractivity contribution in [2.45, 2.75) is 38.3 Å². The minimum atomic E-state index is 0.0893. The summed E-state index contributed by atoms with van der Waals surface area (Å²) < 4.78 is 12.5. The molecule has 1 saturated heterocycles. The molecule has 0 bridgehead atoms. The first-order valence-electron chi connectivity index (χ1n) is 6.93. The summed E-state index contributed by atoms with van der Waals surface area (Å²) >= 11 is 3.59. The van der Waals surface area contributed by atoms with Crippen LogP contribution in [0.5, 0.6) is 5.75 Å². The Morgan fingerprint density at radius 3 is 3.05 bits per heavy atom. The average Bonchev–Trinajstić information content (AvgIpc) is 2.85. The summed E-state index contributed by atoms with van der Waals surface area (Å²) in [4.78, 5) is 0. The molecule has 1 atom stereocenters. The highest BCUT2D eigenvalue weighted by molar-refractivity contribution is 9.10. The molecule has 2 aliphatic heterocycles. The Morgan fingerprint density at radius 1 is 1.37 bits per heavy atom. The lowest BCUT2D eigenvalue weighted by atomic mass is 9.94. The number of ether oxygens (including phenoxy) is 2. The van der Waals surface area contributed by atoms with Crippen LogP contribution in [0.4, 0.5) is 0 Å². The molecule has 2 aliphatic rings. The van der Waals surface area contributed by atoms with Crippen LogP contribution < -0.4 is 10.1 Å². The Kier molecular flexibility index (Phi) is 3.83. The molecule has 0 aromatic heterocycles. The van der Waals surface area contributed by atoms with E-state index in [2.05, 4.69) is 40.3 Å². The lowest BCUT2D eigenvalue weighted by molar-refractivity contribution is 0.0277. The molecule has 0 spiro atoms. The molecular formula is C15H20BrNO2. The van der Waals surface area contributed by atoms with E-state index >= 15 is 0 Å². The molecule has 1 fully saturated rings. The summed E-state index contributed by atoms with van der Waals surface area (Å²) in [6.07, 6.45) is 3.32. The molecule has 104 valence electrons. The van der Waals surface area contributed by atoms with Crippen LogP contribution in [0.2, 0.25) is 0 Å². The van der Waals surface area contributed by atoms with Crippen LogP contribution in [0.1, 0.15) is 30.9 Å². The summed E-state index contributed by atoms with van der Waals surface area (Å²) in [5.74, 6) is 1.08. The van der Waals surface area contributed by atoms with E-state index in [1.54, 1.807) is 0 Å². The maximum atomic E-state index is 5.77. The highest BCUT2D eigenvalue weighted by Crippen LogP contribution is 2.33. The number of benzene rings is 1. The molecule has 0 amide bonds. The topological polar surface area (TPSA) is 30.5 Å². The molecule has 3 nitrogen and oxygen atoms in total. The number of fused-ring (bicyclic) bond motifs is 1. The van der Waals surface area contributed by atoms with Crippen molar-refractivity contribution in [3.05, 3.63) is 27.7 Å². The number of halogens is 1. The second-order valence-electron chi connectivity index (χ2n) is 5.72. The van der Waals surface area contributed by atoms with Crippen molar-refractivity contribution in [1.82, 2.24) is 5.32 Å². The van der Waals surface area contributed by atoms with Crippen LogP contribution in [-0.4, -0.2) is 25.4 Å². The van der Waals surface area contributed by atoms with Crippen molar-refractivity contribution >= 4 is 15.9 Å². The Balaban J connectivity index is 1.73. The SMILES string of the molecule is CC1(NCc2cc(Br)cc3c2OCC3)CCCOC1. The van der Waals surface area contributed by atoms with Crippen LogP contribution in [0.15, 0.2) is 16.6 Å². The third-order valence-electron chi connectivity index (χ3n) is 3.97. The van der Waals surface area contributed by atoms with Crippen LogP contribution >= 0.6 is 15.9 Å². The Bertz CT molecular complexity index is 469. The standard InChI is InChI=1S/C15H20BrNO2/c1-15(4-2-5-18-10-15)17-9-12-8-13(16)7-11-3-6-19-14(11)12/h7-8,17H,2-6,9-10H2,1H3. The smallest absolute Gasteiger partial charge is 0.127 e. The molecule has 0 radical (unpaired) electrons. The van der Waals surface area contributed by atoms with Crippen molar-refractivity contribution in [3.63, 3.8) is 0 Å². The van der Waals surface area contributed by atoms with Crippen LogP contribution in [0.3, 0.4) is 0 Å². The van der Waals surface area contributed by atoms with Gasteiger partial charge in [0.2, 0.25) is 0 Å². The predicted molar refractivity (Wildman–Crippen MR) is 78.6 cm³/mol.